The Hall–Kier alpha value is -5.03. The number of hydrogen-bond acceptors (Lipinski definition) is 7. The monoisotopic (exact) mass is 715 g/mol. The van der Waals surface area contributed by atoms with Crippen LogP contribution in [0.25, 0.3) is 22.0 Å². The lowest BCUT2D eigenvalue weighted by Gasteiger charge is -2.21. The number of amides is 2. The molecule has 0 saturated carbocycles. The van der Waals surface area contributed by atoms with E-state index in [2.05, 4.69) is 20.7 Å². The number of H-pyrrole nitrogens is 1. The SMILES string of the molecule is CC[C@H](C)[C@H](NC(=O)c1ccc(CNC(=O)c2[nH]c3c(-c4c(C)nn(C)c4C)cccc3c2CCCOc2cc(C)c(Cl)c(C)c2)o1)C(=O)OC. The highest BCUT2D eigenvalue weighted by Gasteiger charge is 2.28. The molecule has 0 aliphatic carbocycles. The van der Waals surface area contributed by atoms with Crippen molar-refractivity contribution < 1.29 is 28.3 Å². The molecule has 0 aliphatic rings. The van der Waals surface area contributed by atoms with Gasteiger partial charge in [-0.3, -0.25) is 14.3 Å². The van der Waals surface area contributed by atoms with Crippen LogP contribution >= 0.6 is 11.6 Å². The zero-order valence-electron chi connectivity index (χ0n) is 30.5. The summed E-state index contributed by atoms with van der Waals surface area (Å²) in [5.41, 5.74) is 7.96. The van der Waals surface area contributed by atoms with Gasteiger partial charge in [-0.15, -0.1) is 0 Å². The van der Waals surface area contributed by atoms with Crippen LogP contribution in [0.4, 0.5) is 0 Å². The van der Waals surface area contributed by atoms with Crippen molar-refractivity contribution in [3.05, 3.63) is 92.8 Å². The summed E-state index contributed by atoms with van der Waals surface area (Å²) in [5, 5.41) is 12.0. The number of aromatic nitrogens is 3. The number of halogens is 1. The molecule has 0 saturated heterocycles. The molecule has 3 N–H and O–H groups in total. The number of aromatic amines is 1. The summed E-state index contributed by atoms with van der Waals surface area (Å²) in [6.45, 7) is 12.2. The van der Waals surface area contributed by atoms with Gasteiger partial charge in [-0.05, 0) is 87.4 Å². The molecule has 11 nitrogen and oxygen atoms in total. The van der Waals surface area contributed by atoms with Gasteiger partial charge in [-0.2, -0.15) is 5.10 Å². The van der Waals surface area contributed by atoms with Crippen LogP contribution in [0.1, 0.15) is 81.6 Å². The molecule has 12 heteroatoms. The Labute approximate surface area is 303 Å². The molecule has 5 rings (SSSR count). The van der Waals surface area contributed by atoms with E-state index >= 15 is 0 Å². The standard InChI is InChI=1S/C39H46ClN5O6/c1-9-21(2)34(39(48)49-8)43-37(46)31-16-15-26(51-31)20-41-38(47)36-29(14-11-17-50-27-18-22(3)33(40)23(4)19-27)28-12-10-13-30(35(28)42-36)32-24(5)44-45(7)25(32)6/h10,12-13,15-16,18-19,21,34,42H,9,11,14,17,20H2,1-8H3,(H,41,47)(H,43,46)/t21-,34-/m0/s1. The number of aryl methyl sites for hydroxylation is 5. The first kappa shape index (κ1) is 37.2. The van der Waals surface area contributed by atoms with Crippen LogP contribution in [0.2, 0.25) is 5.02 Å². The average Bonchev–Trinajstić information content (AvgIpc) is 3.81. The van der Waals surface area contributed by atoms with E-state index in [0.717, 1.165) is 60.9 Å². The minimum absolute atomic E-state index is 0.0284. The van der Waals surface area contributed by atoms with E-state index in [1.807, 2.05) is 83.6 Å². The first-order valence-electron chi connectivity index (χ1n) is 17.1. The lowest BCUT2D eigenvalue weighted by atomic mass is 9.98. The molecule has 0 bridgehead atoms. The fraction of sp³-hybridized carbons (Fsp3) is 0.385. The number of rotatable bonds is 14. The minimum Gasteiger partial charge on any atom is -0.494 e. The largest absolute Gasteiger partial charge is 0.494 e. The van der Waals surface area contributed by atoms with Crippen molar-refractivity contribution in [2.24, 2.45) is 13.0 Å². The molecule has 0 radical (unpaired) electrons. The molecule has 3 heterocycles. The van der Waals surface area contributed by atoms with Crippen LogP contribution in [0.5, 0.6) is 5.75 Å². The Morgan fingerprint density at radius 2 is 1.78 bits per heavy atom. The normalized spacial score (nSPS) is 12.5. The number of hydrogen-bond donors (Lipinski definition) is 3. The van der Waals surface area contributed by atoms with Crippen LogP contribution in [0.3, 0.4) is 0 Å². The fourth-order valence-corrected chi connectivity index (χ4v) is 6.50. The van der Waals surface area contributed by atoms with E-state index < -0.39 is 17.9 Å². The first-order chi connectivity index (χ1) is 24.3. The molecule has 0 aliphatic heterocycles. The quantitative estimate of drug-likeness (QED) is 0.0809. The number of furan rings is 1. The maximum Gasteiger partial charge on any atom is 0.328 e. The zero-order valence-corrected chi connectivity index (χ0v) is 31.2. The molecule has 0 unspecified atom stereocenters. The van der Waals surface area contributed by atoms with Gasteiger partial charge in [0, 0.05) is 34.3 Å². The van der Waals surface area contributed by atoms with Crippen molar-refractivity contribution >= 4 is 40.3 Å². The van der Waals surface area contributed by atoms with Gasteiger partial charge in [0.2, 0.25) is 0 Å². The van der Waals surface area contributed by atoms with E-state index in [0.29, 0.717) is 37.3 Å². The van der Waals surface area contributed by atoms with Gasteiger partial charge in [0.25, 0.3) is 11.8 Å². The molecule has 270 valence electrons. The van der Waals surface area contributed by atoms with E-state index in [-0.39, 0.29) is 24.1 Å². The maximum atomic E-state index is 13.9. The van der Waals surface area contributed by atoms with E-state index in [4.69, 9.17) is 25.5 Å². The highest BCUT2D eigenvalue weighted by molar-refractivity contribution is 6.32. The maximum absolute atomic E-state index is 13.9. The predicted octanol–water partition coefficient (Wildman–Crippen LogP) is 7.31. The third-order valence-corrected chi connectivity index (χ3v) is 10.1. The highest BCUT2D eigenvalue weighted by Crippen LogP contribution is 2.36. The predicted molar refractivity (Wildman–Crippen MR) is 197 cm³/mol. The van der Waals surface area contributed by atoms with E-state index in [1.165, 1.54) is 13.2 Å². The van der Waals surface area contributed by atoms with Gasteiger partial charge in [0.1, 0.15) is 23.2 Å². The van der Waals surface area contributed by atoms with Gasteiger partial charge in [0.15, 0.2) is 5.76 Å². The Morgan fingerprint density at radius 3 is 2.43 bits per heavy atom. The second kappa shape index (κ2) is 15.9. The Balaban J connectivity index is 1.37. The van der Waals surface area contributed by atoms with Crippen molar-refractivity contribution in [1.29, 1.82) is 0 Å². The number of nitrogens with one attached hydrogen (secondary N) is 3. The number of benzene rings is 2. The third kappa shape index (κ3) is 7.99. The highest BCUT2D eigenvalue weighted by atomic mass is 35.5. The first-order valence-corrected chi connectivity index (χ1v) is 17.5. The average molecular weight is 716 g/mol. The molecule has 2 atom stereocenters. The summed E-state index contributed by atoms with van der Waals surface area (Å²) in [6, 6.07) is 12.3. The summed E-state index contributed by atoms with van der Waals surface area (Å²) in [7, 11) is 3.20. The number of carbonyl (C=O) groups excluding carboxylic acids is 3. The van der Waals surface area contributed by atoms with Gasteiger partial charge in [0.05, 0.1) is 31.5 Å². The Morgan fingerprint density at radius 1 is 1.06 bits per heavy atom. The van der Waals surface area contributed by atoms with Gasteiger partial charge in [-0.25, -0.2) is 4.79 Å². The van der Waals surface area contributed by atoms with E-state index in [9.17, 15) is 14.4 Å². The lowest BCUT2D eigenvalue weighted by Crippen LogP contribution is -2.45. The molecule has 51 heavy (non-hydrogen) atoms. The number of fused-ring (bicyclic) bond motifs is 1. The number of esters is 1. The van der Waals surface area contributed by atoms with Crippen molar-refractivity contribution in [3.8, 4) is 16.9 Å². The molecule has 0 fully saturated rings. The summed E-state index contributed by atoms with van der Waals surface area (Å²) in [5.74, 6) is -0.353. The second-order valence-electron chi connectivity index (χ2n) is 13.0. The second-order valence-corrected chi connectivity index (χ2v) is 13.4. The molecule has 3 aromatic heterocycles. The van der Waals surface area contributed by atoms with Crippen LogP contribution in [0.15, 0.2) is 46.9 Å². The number of methoxy groups -OCH3 is 1. The van der Waals surface area contributed by atoms with Gasteiger partial charge in [-0.1, -0.05) is 50.1 Å². The topological polar surface area (TPSA) is 140 Å². The number of nitrogens with zero attached hydrogens (tertiary/aromatic N) is 2. The summed E-state index contributed by atoms with van der Waals surface area (Å²) >= 11 is 6.35. The number of ether oxygens (including phenoxy) is 2. The third-order valence-electron chi connectivity index (χ3n) is 9.46. The number of para-hydroxylation sites is 1. The molecule has 5 aromatic rings. The van der Waals surface area contributed by atoms with Crippen molar-refractivity contribution in [2.45, 2.75) is 73.4 Å². The lowest BCUT2D eigenvalue weighted by molar-refractivity contribution is -0.144. The zero-order chi connectivity index (χ0) is 37.0. The van der Waals surface area contributed by atoms with Gasteiger partial charge < -0.3 is 29.5 Å². The van der Waals surface area contributed by atoms with Crippen molar-refractivity contribution in [2.75, 3.05) is 13.7 Å². The molecular weight excluding hydrogens is 670 g/mol. The van der Waals surface area contributed by atoms with Gasteiger partial charge >= 0.3 is 5.97 Å². The summed E-state index contributed by atoms with van der Waals surface area (Å²) in [4.78, 5) is 42.5. The number of carbonyl (C=O) groups is 3. The van der Waals surface area contributed by atoms with Crippen molar-refractivity contribution in [3.63, 3.8) is 0 Å². The Bertz CT molecular complexity index is 2050. The minimum atomic E-state index is -0.810. The van der Waals surface area contributed by atoms with Crippen LogP contribution < -0.4 is 15.4 Å². The summed E-state index contributed by atoms with van der Waals surface area (Å²) < 4.78 is 18.6. The molecular formula is C39H46ClN5O6. The Kier molecular flexibility index (Phi) is 11.6. The van der Waals surface area contributed by atoms with E-state index in [1.54, 1.807) is 6.07 Å². The van der Waals surface area contributed by atoms with Crippen LogP contribution in [-0.2, 0) is 29.5 Å². The molecule has 2 amide bonds. The summed E-state index contributed by atoms with van der Waals surface area (Å²) in [6.07, 6.45) is 1.90. The molecule has 0 spiro atoms. The smallest absolute Gasteiger partial charge is 0.328 e. The van der Waals surface area contributed by atoms with Crippen molar-refractivity contribution in [1.82, 2.24) is 25.4 Å². The van der Waals surface area contributed by atoms with Crippen LogP contribution in [-0.4, -0.2) is 52.3 Å². The molecule has 2 aromatic carbocycles. The van der Waals surface area contributed by atoms with Crippen LogP contribution in [0, 0.1) is 33.6 Å². The fourth-order valence-electron chi connectivity index (χ4n) is 6.39.